The summed E-state index contributed by atoms with van der Waals surface area (Å²) in [5.74, 6) is 0. The maximum absolute atomic E-state index is 12.1. The Morgan fingerprint density at radius 1 is 1.33 bits per heavy atom. The molecule has 2 aliphatic rings. The molecule has 0 unspecified atom stereocenters. The van der Waals surface area contributed by atoms with Crippen molar-refractivity contribution in [3.63, 3.8) is 0 Å². The highest BCUT2D eigenvalue weighted by atomic mass is 35.5. The van der Waals surface area contributed by atoms with Crippen molar-refractivity contribution in [3.8, 4) is 0 Å². The molecule has 2 aliphatic heterocycles. The summed E-state index contributed by atoms with van der Waals surface area (Å²) < 4.78 is 36.3. The zero-order chi connectivity index (χ0) is 8.06. The van der Waals surface area contributed by atoms with Gasteiger partial charge in [0.25, 0.3) is 0 Å². The van der Waals surface area contributed by atoms with Gasteiger partial charge in [0.15, 0.2) is 0 Å². The van der Waals surface area contributed by atoms with Crippen LogP contribution in [0.5, 0.6) is 0 Å². The minimum atomic E-state index is -4.12. The lowest BCUT2D eigenvalue weighted by Crippen LogP contribution is -2.27. The summed E-state index contributed by atoms with van der Waals surface area (Å²) in [6.07, 6.45) is -1.32. The first-order valence-corrected chi connectivity index (χ1v) is 3.62. The smallest absolute Gasteiger partial charge is 0.304 e. The summed E-state index contributed by atoms with van der Waals surface area (Å²) in [7, 11) is 0. The Morgan fingerprint density at radius 2 is 2.00 bits per heavy atom. The normalized spacial score (nSPS) is 33.1. The quantitative estimate of drug-likeness (QED) is 0.589. The molecular weight excluding hydrogens is 191 g/mol. The topological polar surface area (TPSA) is 12.0 Å². The predicted octanol–water partition coefficient (Wildman–Crippen LogP) is 2.03. The molecule has 0 radical (unpaired) electrons. The van der Waals surface area contributed by atoms with Gasteiger partial charge in [0.1, 0.15) is 0 Å². The van der Waals surface area contributed by atoms with Crippen molar-refractivity contribution in [2.24, 2.45) is 0 Å². The first-order chi connectivity index (χ1) is 5.07. The molecule has 1 fully saturated rings. The maximum atomic E-state index is 12.1. The van der Waals surface area contributed by atoms with Crippen LogP contribution in [0.25, 0.3) is 0 Å². The Labute approximate surface area is 74.4 Å². The van der Waals surface area contributed by atoms with Crippen LogP contribution >= 0.6 is 12.4 Å². The number of hydrogen-bond acceptors (Lipinski definition) is 1. The molecule has 0 saturated carbocycles. The van der Waals surface area contributed by atoms with E-state index in [0.717, 1.165) is 6.42 Å². The Bertz CT molecular complexity index is 211. The maximum Gasteiger partial charge on any atom is 0.413 e. The molecule has 2 heterocycles. The third kappa shape index (κ3) is 1.45. The SMILES string of the molecule is Cl.FC(F)(F)C1=C[C@H]2CC[C@@H]1N2. The zero-order valence-corrected chi connectivity index (χ0v) is 7.00. The van der Waals surface area contributed by atoms with Crippen LogP contribution in [0.3, 0.4) is 0 Å². The van der Waals surface area contributed by atoms with Crippen LogP contribution in [0, 0.1) is 0 Å². The third-order valence-corrected chi connectivity index (χ3v) is 2.27. The number of rotatable bonds is 0. The third-order valence-electron chi connectivity index (χ3n) is 2.27. The average molecular weight is 200 g/mol. The number of halogens is 4. The van der Waals surface area contributed by atoms with Gasteiger partial charge in [-0.15, -0.1) is 12.4 Å². The van der Waals surface area contributed by atoms with Gasteiger partial charge < -0.3 is 5.32 Å². The van der Waals surface area contributed by atoms with E-state index in [2.05, 4.69) is 5.32 Å². The van der Waals surface area contributed by atoms with E-state index in [4.69, 9.17) is 0 Å². The fourth-order valence-electron chi connectivity index (χ4n) is 1.77. The van der Waals surface area contributed by atoms with Crippen LogP contribution in [0.15, 0.2) is 11.6 Å². The highest BCUT2D eigenvalue weighted by Gasteiger charge is 2.45. The van der Waals surface area contributed by atoms with Gasteiger partial charge in [0, 0.05) is 17.7 Å². The molecule has 0 aromatic rings. The van der Waals surface area contributed by atoms with Gasteiger partial charge in [0.2, 0.25) is 0 Å². The summed E-state index contributed by atoms with van der Waals surface area (Å²) in [5.41, 5.74) is -0.367. The lowest BCUT2D eigenvalue weighted by atomic mass is 9.99. The van der Waals surface area contributed by atoms with Crippen molar-refractivity contribution >= 4 is 12.4 Å². The van der Waals surface area contributed by atoms with E-state index < -0.39 is 12.2 Å². The van der Waals surface area contributed by atoms with E-state index >= 15 is 0 Å². The van der Waals surface area contributed by atoms with Crippen molar-refractivity contribution in [3.05, 3.63) is 11.6 Å². The second-order valence-electron chi connectivity index (χ2n) is 3.02. The van der Waals surface area contributed by atoms with Crippen molar-refractivity contribution in [1.82, 2.24) is 5.32 Å². The van der Waals surface area contributed by atoms with E-state index in [-0.39, 0.29) is 24.0 Å². The van der Waals surface area contributed by atoms with E-state index in [1.807, 2.05) is 0 Å². The number of fused-ring (bicyclic) bond motifs is 2. The lowest BCUT2D eigenvalue weighted by molar-refractivity contribution is -0.0954. The zero-order valence-electron chi connectivity index (χ0n) is 6.19. The average Bonchev–Trinajstić information content (AvgIpc) is 2.42. The van der Waals surface area contributed by atoms with Gasteiger partial charge in [-0.05, 0) is 12.8 Å². The molecule has 0 spiro atoms. The Hall–Kier alpha value is -0.220. The summed E-state index contributed by atoms with van der Waals surface area (Å²) in [4.78, 5) is 0. The first-order valence-electron chi connectivity index (χ1n) is 3.62. The summed E-state index contributed by atoms with van der Waals surface area (Å²) >= 11 is 0. The van der Waals surface area contributed by atoms with E-state index in [1.54, 1.807) is 0 Å². The van der Waals surface area contributed by atoms with E-state index in [1.165, 1.54) is 6.08 Å². The summed E-state index contributed by atoms with van der Waals surface area (Å²) in [6, 6.07) is -0.434. The highest BCUT2D eigenvalue weighted by molar-refractivity contribution is 5.85. The second-order valence-corrected chi connectivity index (χ2v) is 3.02. The van der Waals surface area contributed by atoms with Gasteiger partial charge in [-0.3, -0.25) is 0 Å². The largest absolute Gasteiger partial charge is 0.413 e. The molecule has 1 N–H and O–H groups in total. The van der Waals surface area contributed by atoms with Gasteiger partial charge in [-0.1, -0.05) is 6.08 Å². The van der Waals surface area contributed by atoms with Crippen LogP contribution in [0.1, 0.15) is 12.8 Å². The van der Waals surface area contributed by atoms with Crippen LogP contribution in [-0.2, 0) is 0 Å². The van der Waals surface area contributed by atoms with Crippen molar-refractivity contribution in [1.29, 1.82) is 0 Å². The minimum absolute atomic E-state index is 0. The molecule has 0 aromatic heterocycles. The molecule has 12 heavy (non-hydrogen) atoms. The molecule has 1 saturated heterocycles. The minimum Gasteiger partial charge on any atom is -0.304 e. The van der Waals surface area contributed by atoms with E-state index in [0.29, 0.717) is 6.42 Å². The number of hydrogen-bond donors (Lipinski definition) is 1. The molecule has 0 aromatic carbocycles. The Balaban J connectivity index is 0.000000720. The van der Waals surface area contributed by atoms with E-state index in [9.17, 15) is 13.2 Å². The molecule has 2 bridgehead atoms. The highest BCUT2D eigenvalue weighted by Crippen LogP contribution is 2.37. The fraction of sp³-hybridized carbons (Fsp3) is 0.714. The van der Waals surface area contributed by atoms with Gasteiger partial charge in [0.05, 0.1) is 0 Å². The van der Waals surface area contributed by atoms with Crippen LogP contribution in [-0.4, -0.2) is 18.3 Å². The second kappa shape index (κ2) is 2.92. The Morgan fingerprint density at radius 3 is 2.25 bits per heavy atom. The predicted molar refractivity (Wildman–Crippen MR) is 41.3 cm³/mol. The molecule has 5 heteroatoms. The van der Waals surface area contributed by atoms with Gasteiger partial charge >= 0.3 is 6.18 Å². The molecule has 2 rings (SSSR count). The van der Waals surface area contributed by atoms with Crippen molar-refractivity contribution in [2.45, 2.75) is 31.1 Å². The molecule has 0 aliphatic carbocycles. The van der Waals surface area contributed by atoms with Crippen molar-refractivity contribution < 1.29 is 13.2 Å². The number of alkyl halides is 3. The van der Waals surface area contributed by atoms with Crippen LogP contribution < -0.4 is 5.32 Å². The van der Waals surface area contributed by atoms with Gasteiger partial charge in [-0.25, -0.2) is 0 Å². The van der Waals surface area contributed by atoms with Crippen molar-refractivity contribution in [2.75, 3.05) is 0 Å². The lowest BCUT2D eigenvalue weighted by Gasteiger charge is -2.14. The Kier molecular flexibility index (Phi) is 2.40. The summed E-state index contributed by atoms with van der Waals surface area (Å²) in [6.45, 7) is 0. The molecule has 2 atom stereocenters. The first kappa shape index (κ1) is 9.86. The standard InChI is InChI=1S/C7H8F3N.ClH/c8-7(9,10)5-3-4-1-2-6(5)11-4;/h3-4,6,11H,1-2H2;1H/t4-,6+;/m1./s1. The molecular formula is C7H9ClF3N. The fourth-order valence-corrected chi connectivity index (χ4v) is 1.77. The van der Waals surface area contributed by atoms with Crippen LogP contribution in [0.2, 0.25) is 0 Å². The molecule has 1 nitrogen and oxygen atoms in total. The number of nitrogens with one attached hydrogen (secondary N) is 1. The van der Waals surface area contributed by atoms with Crippen LogP contribution in [0.4, 0.5) is 13.2 Å². The molecule has 70 valence electrons. The molecule has 0 amide bonds. The van der Waals surface area contributed by atoms with Gasteiger partial charge in [-0.2, -0.15) is 13.2 Å². The monoisotopic (exact) mass is 199 g/mol. The summed E-state index contributed by atoms with van der Waals surface area (Å²) in [5, 5.41) is 2.87.